The van der Waals surface area contributed by atoms with Gasteiger partial charge in [0.15, 0.2) is 0 Å². The lowest BCUT2D eigenvalue weighted by Gasteiger charge is -2.35. The molecule has 1 fully saturated rings. The summed E-state index contributed by atoms with van der Waals surface area (Å²) in [5, 5.41) is 0. The van der Waals surface area contributed by atoms with Gasteiger partial charge in [-0.1, -0.05) is 30.3 Å². The highest BCUT2D eigenvalue weighted by atomic mass is 32.2. The number of aromatic nitrogens is 2. The van der Waals surface area contributed by atoms with E-state index in [1.807, 2.05) is 48.5 Å². The summed E-state index contributed by atoms with van der Waals surface area (Å²) in [6.07, 6.45) is 0. The van der Waals surface area contributed by atoms with Crippen LogP contribution in [0.15, 0.2) is 53.3 Å². The first-order valence-corrected chi connectivity index (χ1v) is 10.1. The summed E-state index contributed by atoms with van der Waals surface area (Å²) in [4.78, 5) is 19.0. The van der Waals surface area contributed by atoms with Crippen LogP contribution >= 0.6 is 0 Å². The number of H-pyrrole nitrogens is 2. The molecular formula is C18H20N4O3S. The van der Waals surface area contributed by atoms with Gasteiger partial charge >= 0.3 is 5.69 Å². The predicted octanol–water partition coefficient (Wildman–Crippen LogP) is 1.51. The molecule has 26 heavy (non-hydrogen) atoms. The Hall–Kier alpha value is -2.58. The van der Waals surface area contributed by atoms with E-state index in [0.29, 0.717) is 26.2 Å². The fourth-order valence-electron chi connectivity index (χ4n) is 3.32. The summed E-state index contributed by atoms with van der Waals surface area (Å²) in [5.41, 5.74) is 3.08. The zero-order chi connectivity index (χ0) is 18.1. The lowest BCUT2D eigenvalue weighted by Crippen LogP contribution is -2.49. The summed E-state index contributed by atoms with van der Waals surface area (Å²) in [7, 11) is -3.32. The van der Waals surface area contributed by atoms with Crippen LogP contribution in [0.4, 0.5) is 5.69 Å². The average Bonchev–Trinajstić information content (AvgIpc) is 3.01. The van der Waals surface area contributed by atoms with Gasteiger partial charge in [-0.25, -0.2) is 13.2 Å². The highest BCUT2D eigenvalue weighted by Crippen LogP contribution is 2.22. The lowest BCUT2D eigenvalue weighted by molar-refractivity contribution is 0.384. The number of anilines is 1. The fourth-order valence-corrected chi connectivity index (χ4v) is 4.83. The molecule has 3 aromatic rings. The number of piperazine rings is 1. The van der Waals surface area contributed by atoms with Crippen molar-refractivity contribution in [1.82, 2.24) is 14.3 Å². The minimum absolute atomic E-state index is 0.0321. The van der Waals surface area contributed by atoms with Crippen LogP contribution in [-0.4, -0.2) is 48.9 Å². The topological polar surface area (TPSA) is 89.3 Å². The molecule has 1 aromatic heterocycles. The van der Waals surface area contributed by atoms with Crippen LogP contribution in [-0.2, 0) is 15.8 Å². The van der Waals surface area contributed by atoms with Crippen molar-refractivity contribution in [1.29, 1.82) is 0 Å². The number of hydrogen-bond donors (Lipinski definition) is 2. The second kappa shape index (κ2) is 6.62. The Morgan fingerprint density at radius 1 is 0.885 bits per heavy atom. The quantitative estimate of drug-likeness (QED) is 0.726. The second-order valence-electron chi connectivity index (χ2n) is 6.44. The predicted molar refractivity (Wildman–Crippen MR) is 102 cm³/mol. The Morgan fingerprint density at radius 2 is 1.58 bits per heavy atom. The summed E-state index contributed by atoms with van der Waals surface area (Å²) < 4.78 is 26.8. The van der Waals surface area contributed by atoms with Crippen molar-refractivity contribution in [2.75, 3.05) is 31.1 Å². The van der Waals surface area contributed by atoms with Gasteiger partial charge in [-0.2, -0.15) is 4.31 Å². The molecular weight excluding hydrogens is 352 g/mol. The number of fused-ring (bicyclic) bond motifs is 1. The molecule has 0 atom stereocenters. The first-order chi connectivity index (χ1) is 12.5. The minimum atomic E-state index is -3.32. The largest absolute Gasteiger partial charge is 0.369 e. The maximum absolute atomic E-state index is 12.6. The Balaban J connectivity index is 1.45. The second-order valence-corrected chi connectivity index (χ2v) is 8.41. The molecule has 0 radical (unpaired) electrons. The molecule has 0 saturated carbocycles. The third-order valence-electron chi connectivity index (χ3n) is 4.69. The van der Waals surface area contributed by atoms with Crippen LogP contribution in [0.5, 0.6) is 0 Å². The van der Waals surface area contributed by atoms with E-state index >= 15 is 0 Å². The Morgan fingerprint density at radius 3 is 2.31 bits per heavy atom. The summed E-state index contributed by atoms with van der Waals surface area (Å²) in [6, 6.07) is 15.0. The Kier molecular flexibility index (Phi) is 4.29. The van der Waals surface area contributed by atoms with Gasteiger partial charge in [0.25, 0.3) is 0 Å². The number of sulfonamides is 1. The monoisotopic (exact) mass is 372 g/mol. The lowest BCUT2D eigenvalue weighted by atomic mass is 10.2. The van der Waals surface area contributed by atoms with Crippen molar-refractivity contribution < 1.29 is 8.42 Å². The zero-order valence-corrected chi connectivity index (χ0v) is 15.0. The number of nitrogens with one attached hydrogen (secondary N) is 2. The van der Waals surface area contributed by atoms with Gasteiger partial charge in [-0.3, -0.25) is 0 Å². The van der Waals surface area contributed by atoms with E-state index in [0.717, 1.165) is 22.3 Å². The number of aromatic amines is 2. The van der Waals surface area contributed by atoms with E-state index in [1.165, 1.54) is 0 Å². The van der Waals surface area contributed by atoms with E-state index in [2.05, 4.69) is 14.9 Å². The molecule has 2 N–H and O–H groups in total. The molecule has 8 heteroatoms. The molecule has 7 nitrogen and oxygen atoms in total. The molecule has 0 aliphatic carbocycles. The smallest absolute Gasteiger partial charge is 0.323 e. The SMILES string of the molecule is O=c1[nH]c2ccc(N3CCN(S(=O)(=O)Cc4ccccc4)CC3)cc2[nH]1. The van der Waals surface area contributed by atoms with Crippen molar-refractivity contribution >= 4 is 26.7 Å². The standard InChI is InChI=1S/C18H20N4O3S/c23-18-19-16-7-6-15(12-17(16)20-18)21-8-10-22(11-9-21)26(24,25)13-14-4-2-1-3-5-14/h1-7,12H,8-11,13H2,(H2,19,20,23). The van der Waals surface area contributed by atoms with Gasteiger partial charge in [0, 0.05) is 31.9 Å². The number of benzene rings is 2. The van der Waals surface area contributed by atoms with Gasteiger partial charge in [0.2, 0.25) is 10.0 Å². The Bertz CT molecular complexity index is 1060. The number of nitrogens with zero attached hydrogens (tertiary/aromatic N) is 2. The van der Waals surface area contributed by atoms with Gasteiger partial charge in [-0.15, -0.1) is 0 Å². The number of rotatable bonds is 4. The van der Waals surface area contributed by atoms with Crippen LogP contribution in [0.1, 0.15) is 5.56 Å². The van der Waals surface area contributed by atoms with Gasteiger partial charge < -0.3 is 14.9 Å². The summed E-state index contributed by atoms with van der Waals surface area (Å²) in [5.74, 6) is 0.0321. The number of imidazole rings is 1. The van der Waals surface area contributed by atoms with E-state index < -0.39 is 10.0 Å². The van der Waals surface area contributed by atoms with Crippen LogP contribution in [0.25, 0.3) is 11.0 Å². The van der Waals surface area contributed by atoms with E-state index in [4.69, 9.17) is 0 Å². The minimum Gasteiger partial charge on any atom is -0.369 e. The van der Waals surface area contributed by atoms with Gasteiger partial charge in [0.1, 0.15) is 0 Å². The van der Waals surface area contributed by atoms with Crippen LogP contribution in [0.3, 0.4) is 0 Å². The molecule has 136 valence electrons. The van der Waals surface area contributed by atoms with Gasteiger partial charge in [-0.05, 0) is 23.8 Å². The first kappa shape index (κ1) is 16.9. The van der Waals surface area contributed by atoms with E-state index in [1.54, 1.807) is 4.31 Å². The Labute approximate surface area is 151 Å². The van der Waals surface area contributed by atoms with E-state index in [9.17, 15) is 13.2 Å². The molecule has 0 bridgehead atoms. The molecule has 2 aromatic carbocycles. The number of hydrogen-bond acceptors (Lipinski definition) is 4. The van der Waals surface area contributed by atoms with Crippen molar-refractivity contribution in [3.05, 3.63) is 64.6 Å². The highest BCUT2D eigenvalue weighted by molar-refractivity contribution is 7.88. The highest BCUT2D eigenvalue weighted by Gasteiger charge is 2.27. The molecule has 1 aliphatic heterocycles. The fraction of sp³-hybridized carbons (Fsp3) is 0.278. The first-order valence-electron chi connectivity index (χ1n) is 8.50. The molecule has 2 heterocycles. The van der Waals surface area contributed by atoms with Crippen molar-refractivity contribution in [3.8, 4) is 0 Å². The summed E-state index contributed by atoms with van der Waals surface area (Å²) in [6.45, 7) is 2.15. The van der Waals surface area contributed by atoms with Crippen LogP contribution in [0, 0.1) is 0 Å². The molecule has 1 saturated heterocycles. The molecule has 0 amide bonds. The maximum Gasteiger partial charge on any atom is 0.323 e. The third-order valence-corrected chi connectivity index (χ3v) is 6.54. The summed E-state index contributed by atoms with van der Waals surface area (Å²) >= 11 is 0. The van der Waals surface area contributed by atoms with E-state index in [-0.39, 0.29) is 11.4 Å². The molecule has 1 aliphatic rings. The maximum atomic E-state index is 12.6. The van der Waals surface area contributed by atoms with Crippen molar-refractivity contribution in [2.24, 2.45) is 0 Å². The molecule has 0 spiro atoms. The normalized spacial score (nSPS) is 16.2. The van der Waals surface area contributed by atoms with Crippen molar-refractivity contribution in [2.45, 2.75) is 5.75 Å². The average molecular weight is 372 g/mol. The van der Waals surface area contributed by atoms with Gasteiger partial charge in [0.05, 0.1) is 16.8 Å². The third kappa shape index (κ3) is 3.38. The van der Waals surface area contributed by atoms with Crippen molar-refractivity contribution in [3.63, 3.8) is 0 Å². The van der Waals surface area contributed by atoms with Crippen LogP contribution < -0.4 is 10.6 Å². The zero-order valence-electron chi connectivity index (χ0n) is 14.2. The van der Waals surface area contributed by atoms with Crippen LogP contribution in [0.2, 0.25) is 0 Å². The molecule has 4 rings (SSSR count). The molecule has 0 unspecified atom stereocenters.